The number of benzene rings is 1. The largest absolute Gasteiger partial charge is 0.399 e. The number of nitrogens with one attached hydrogen (secondary N) is 1. The van der Waals surface area contributed by atoms with Crippen molar-refractivity contribution in [3.8, 4) is 0 Å². The van der Waals surface area contributed by atoms with Crippen LogP contribution >= 0.6 is 0 Å². The third-order valence-corrected chi connectivity index (χ3v) is 2.69. The molecule has 1 rings (SSSR count). The smallest absolute Gasteiger partial charge is 0.227 e. The van der Waals surface area contributed by atoms with E-state index in [1.54, 1.807) is 6.07 Å². The molecule has 16 heavy (non-hydrogen) atoms. The van der Waals surface area contributed by atoms with Gasteiger partial charge in [0.1, 0.15) is 0 Å². The van der Waals surface area contributed by atoms with Gasteiger partial charge in [-0.1, -0.05) is 26.3 Å². The number of hydrogen-bond acceptors (Lipinski definition) is 2. The molecule has 3 nitrogen and oxygen atoms in total. The molecule has 1 aromatic carbocycles. The quantitative estimate of drug-likeness (QED) is 0.766. The third kappa shape index (κ3) is 3.26. The highest BCUT2D eigenvalue weighted by molar-refractivity contribution is 5.93. The number of amides is 1. The average Bonchev–Trinajstić information content (AvgIpc) is 2.23. The lowest BCUT2D eigenvalue weighted by atomic mass is 10.0. The third-order valence-electron chi connectivity index (χ3n) is 2.69. The van der Waals surface area contributed by atoms with Crippen molar-refractivity contribution in [2.75, 3.05) is 11.1 Å². The Bertz CT molecular complexity index is 374. The molecule has 1 atom stereocenters. The summed E-state index contributed by atoms with van der Waals surface area (Å²) in [6.07, 6.45) is 1.93. The number of anilines is 2. The summed E-state index contributed by atoms with van der Waals surface area (Å²) in [5.41, 5.74) is 8.20. The highest BCUT2D eigenvalue weighted by Gasteiger charge is 2.12. The van der Waals surface area contributed by atoms with Crippen molar-refractivity contribution in [1.82, 2.24) is 0 Å². The number of aryl methyl sites for hydroxylation is 1. The van der Waals surface area contributed by atoms with Crippen LogP contribution in [0.3, 0.4) is 0 Å². The zero-order valence-corrected chi connectivity index (χ0v) is 10.2. The minimum Gasteiger partial charge on any atom is -0.399 e. The van der Waals surface area contributed by atoms with Gasteiger partial charge in [-0.05, 0) is 31.0 Å². The fraction of sp³-hybridized carbons (Fsp3) is 0.462. The van der Waals surface area contributed by atoms with Crippen LogP contribution in [0.5, 0.6) is 0 Å². The van der Waals surface area contributed by atoms with Crippen LogP contribution in [-0.4, -0.2) is 5.91 Å². The molecule has 0 aromatic heterocycles. The molecule has 3 N–H and O–H groups in total. The highest BCUT2D eigenvalue weighted by Crippen LogP contribution is 2.19. The molecule has 0 heterocycles. The van der Waals surface area contributed by atoms with Crippen molar-refractivity contribution in [3.05, 3.63) is 23.8 Å². The van der Waals surface area contributed by atoms with Gasteiger partial charge in [-0.2, -0.15) is 0 Å². The van der Waals surface area contributed by atoms with Gasteiger partial charge >= 0.3 is 0 Å². The molecule has 0 fully saturated rings. The summed E-state index contributed by atoms with van der Waals surface area (Å²) in [4.78, 5) is 11.8. The van der Waals surface area contributed by atoms with Gasteiger partial charge in [0.05, 0.1) is 0 Å². The van der Waals surface area contributed by atoms with Crippen LogP contribution in [0.4, 0.5) is 11.4 Å². The van der Waals surface area contributed by atoms with Crippen molar-refractivity contribution in [1.29, 1.82) is 0 Å². The topological polar surface area (TPSA) is 55.1 Å². The summed E-state index contributed by atoms with van der Waals surface area (Å²) >= 11 is 0. The van der Waals surface area contributed by atoms with E-state index in [9.17, 15) is 4.79 Å². The lowest BCUT2D eigenvalue weighted by Crippen LogP contribution is -2.20. The van der Waals surface area contributed by atoms with Gasteiger partial charge in [-0.15, -0.1) is 0 Å². The maximum atomic E-state index is 11.8. The molecule has 0 unspecified atom stereocenters. The predicted octanol–water partition coefficient (Wildman–Crippen LogP) is 2.95. The second-order valence-corrected chi connectivity index (χ2v) is 4.25. The minimum absolute atomic E-state index is 0.0471. The van der Waals surface area contributed by atoms with Crippen LogP contribution in [0.1, 0.15) is 32.3 Å². The molecule has 0 radical (unpaired) electrons. The molecule has 0 spiro atoms. The van der Waals surface area contributed by atoms with E-state index in [4.69, 9.17) is 5.73 Å². The monoisotopic (exact) mass is 220 g/mol. The van der Waals surface area contributed by atoms with Crippen LogP contribution in [-0.2, 0) is 4.79 Å². The molecule has 3 heteroatoms. The molecule has 1 amide bonds. The van der Waals surface area contributed by atoms with Gasteiger partial charge in [0.15, 0.2) is 0 Å². The molecule has 0 aliphatic rings. The normalized spacial score (nSPS) is 12.2. The lowest BCUT2D eigenvalue weighted by molar-refractivity contribution is -0.119. The van der Waals surface area contributed by atoms with E-state index in [0.29, 0.717) is 5.69 Å². The first-order valence-corrected chi connectivity index (χ1v) is 5.71. The SMILES string of the molecule is CCC[C@@H](C)C(=O)Nc1cc(N)ccc1C. The molecular formula is C13H20N2O. The van der Waals surface area contributed by atoms with Gasteiger partial charge in [0.2, 0.25) is 5.91 Å². The van der Waals surface area contributed by atoms with E-state index in [1.165, 1.54) is 0 Å². The molecule has 0 saturated carbocycles. The van der Waals surface area contributed by atoms with Crippen LogP contribution in [0.2, 0.25) is 0 Å². The molecule has 1 aromatic rings. The second kappa shape index (κ2) is 5.54. The lowest BCUT2D eigenvalue weighted by Gasteiger charge is -2.13. The van der Waals surface area contributed by atoms with Crippen LogP contribution in [0, 0.1) is 12.8 Å². The summed E-state index contributed by atoms with van der Waals surface area (Å²) in [6.45, 7) is 5.98. The van der Waals surface area contributed by atoms with Gasteiger partial charge in [-0.3, -0.25) is 4.79 Å². The van der Waals surface area contributed by atoms with Crippen molar-refractivity contribution in [3.63, 3.8) is 0 Å². The van der Waals surface area contributed by atoms with Gasteiger partial charge in [-0.25, -0.2) is 0 Å². The van der Waals surface area contributed by atoms with Gasteiger partial charge in [0, 0.05) is 17.3 Å². The van der Waals surface area contributed by atoms with E-state index in [0.717, 1.165) is 24.1 Å². The van der Waals surface area contributed by atoms with Crippen LogP contribution in [0.25, 0.3) is 0 Å². The van der Waals surface area contributed by atoms with Crippen molar-refractivity contribution in [2.45, 2.75) is 33.6 Å². The van der Waals surface area contributed by atoms with Crippen LogP contribution in [0.15, 0.2) is 18.2 Å². The summed E-state index contributed by atoms with van der Waals surface area (Å²) in [7, 11) is 0. The van der Waals surface area contributed by atoms with E-state index in [-0.39, 0.29) is 11.8 Å². The number of carbonyl (C=O) groups excluding carboxylic acids is 1. The molecule has 0 aliphatic carbocycles. The average molecular weight is 220 g/mol. The van der Waals surface area contributed by atoms with E-state index >= 15 is 0 Å². The van der Waals surface area contributed by atoms with Crippen molar-refractivity contribution < 1.29 is 4.79 Å². The maximum Gasteiger partial charge on any atom is 0.227 e. The first kappa shape index (κ1) is 12.6. The Balaban J connectivity index is 2.72. The van der Waals surface area contributed by atoms with E-state index in [1.807, 2.05) is 26.0 Å². The molecular weight excluding hydrogens is 200 g/mol. The molecule has 0 aliphatic heterocycles. The Hall–Kier alpha value is -1.51. The van der Waals surface area contributed by atoms with E-state index < -0.39 is 0 Å². The Morgan fingerprint density at radius 2 is 2.19 bits per heavy atom. The standard InChI is InChI=1S/C13H20N2O/c1-4-5-10(3)13(16)15-12-8-11(14)7-6-9(12)2/h6-8,10H,4-5,14H2,1-3H3,(H,15,16)/t10-/m1/s1. The number of nitrogen functional groups attached to an aromatic ring is 1. The number of hydrogen-bond donors (Lipinski definition) is 2. The Morgan fingerprint density at radius 1 is 1.50 bits per heavy atom. The fourth-order valence-corrected chi connectivity index (χ4v) is 1.59. The maximum absolute atomic E-state index is 11.8. The first-order chi connectivity index (χ1) is 7.54. The highest BCUT2D eigenvalue weighted by atomic mass is 16.1. The predicted molar refractivity (Wildman–Crippen MR) is 68.3 cm³/mol. The number of carbonyl (C=O) groups is 1. The summed E-state index contributed by atoms with van der Waals surface area (Å²) in [5, 5.41) is 2.92. The Kier molecular flexibility index (Phi) is 4.35. The zero-order valence-electron chi connectivity index (χ0n) is 10.2. The fourth-order valence-electron chi connectivity index (χ4n) is 1.59. The van der Waals surface area contributed by atoms with Crippen LogP contribution < -0.4 is 11.1 Å². The Labute approximate surface area is 97.0 Å². The minimum atomic E-state index is 0.0471. The van der Waals surface area contributed by atoms with Crippen molar-refractivity contribution in [2.24, 2.45) is 5.92 Å². The molecule has 0 saturated heterocycles. The zero-order chi connectivity index (χ0) is 12.1. The number of rotatable bonds is 4. The summed E-state index contributed by atoms with van der Waals surface area (Å²) in [6, 6.07) is 5.54. The van der Waals surface area contributed by atoms with E-state index in [2.05, 4.69) is 12.2 Å². The second-order valence-electron chi connectivity index (χ2n) is 4.25. The first-order valence-electron chi connectivity index (χ1n) is 5.71. The Morgan fingerprint density at radius 3 is 2.81 bits per heavy atom. The number of nitrogens with two attached hydrogens (primary N) is 1. The van der Waals surface area contributed by atoms with Gasteiger partial charge < -0.3 is 11.1 Å². The van der Waals surface area contributed by atoms with Gasteiger partial charge in [0.25, 0.3) is 0 Å². The summed E-state index contributed by atoms with van der Waals surface area (Å²) in [5.74, 6) is 0.112. The van der Waals surface area contributed by atoms with Crippen molar-refractivity contribution >= 4 is 17.3 Å². The summed E-state index contributed by atoms with van der Waals surface area (Å²) < 4.78 is 0. The molecule has 0 bridgehead atoms. The molecule has 88 valence electrons.